The molecule has 0 saturated heterocycles. The topological polar surface area (TPSA) is 84.5 Å². The summed E-state index contributed by atoms with van der Waals surface area (Å²) in [7, 11) is -2.21. The van der Waals surface area contributed by atoms with E-state index in [0.717, 1.165) is 12.8 Å². The molecule has 110 valence electrons. The molecule has 2 rings (SSSR count). The van der Waals surface area contributed by atoms with Crippen molar-refractivity contribution in [3.63, 3.8) is 0 Å². The molecule has 0 spiro atoms. The summed E-state index contributed by atoms with van der Waals surface area (Å²) in [6.45, 7) is 1.53. The van der Waals surface area contributed by atoms with Gasteiger partial charge in [0, 0.05) is 6.04 Å². The van der Waals surface area contributed by atoms with Gasteiger partial charge >= 0.3 is 0 Å². The molecule has 0 aliphatic heterocycles. The molecule has 6 nitrogen and oxygen atoms in total. The number of ether oxygens (including phenoxy) is 1. The molecule has 1 aliphatic rings. The van der Waals surface area contributed by atoms with Gasteiger partial charge in [-0.3, -0.25) is 4.79 Å². The summed E-state index contributed by atoms with van der Waals surface area (Å²) in [5.74, 6) is 0.271. The summed E-state index contributed by atoms with van der Waals surface area (Å²) in [6.07, 6.45) is 1.92. The van der Waals surface area contributed by atoms with E-state index < -0.39 is 16.1 Å². The minimum Gasteiger partial charge on any atom is -0.497 e. The number of hydrogen-bond donors (Lipinski definition) is 2. The van der Waals surface area contributed by atoms with Crippen LogP contribution in [0.3, 0.4) is 0 Å². The van der Waals surface area contributed by atoms with E-state index in [4.69, 9.17) is 4.74 Å². The van der Waals surface area contributed by atoms with Crippen molar-refractivity contribution < 1.29 is 17.9 Å². The highest BCUT2D eigenvalue weighted by Gasteiger charge is 2.28. The van der Waals surface area contributed by atoms with Crippen molar-refractivity contribution in [2.24, 2.45) is 0 Å². The highest BCUT2D eigenvalue weighted by molar-refractivity contribution is 7.89. The zero-order chi connectivity index (χ0) is 14.8. The number of rotatable bonds is 6. The first-order valence-corrected chi connectivity index (χ1v) is 7.87. The molecule has 1 aromatic rings. The smallest absolute Gasteiger partial charge is 0.241 e. The summed E-state index contributed by atoms with van der Waals surface area (Å²) in [6, 6.07) is 5.39. The lowest BCUT2D eigenvalue weighted by Gasteiger charge is -2.14. The van der Waals surface area contributed by atoms with Crippen LogP contribution in [0.1, 0.15) is 19.8 Å². The van der Waals surface area contributed by atoms with E-state index in [1.54, 1.807) is 12.1 Å². The molecule has 0 aromatic heterocycles. The molecule has 2 N–H and O–H groups in total. The van der Waals surface area contributed by atoms with Gasteiger partial charge in [-0.2, -0.15) is 4.72 Å². The third-order valence-corrected chi connectivity index (χ3v) is 4.58. The number of hydrogen-bond acceptors (Lipinski definition) is 4. The summed E-state index contributed by atoms with van der Waals surface area (Å²) < 4.78 is 31.6. The van der Waals surface area contributed by atoms with Crippen LogP contribution < -0.4 is 14.8 Å². The molecule has 20 heavy (non-hydrogen) atoms. The second-order valence-corrected chi connectivity index (χ2v) is 6.52. The van der Waals surface area contributed by atoms with Crippen molar-refractivity contribution in [2.45, 2.75) is 36.7 Å². The van der Waals surface area contributed by atoms with Crippen LogP contribution in [0.2, 0.25) is 0 Å². The highest BCUT2D eigenvalue weighted by atomic mass is 32.2. The molecule has 0 radical (unpaired) electrons. The Balaban J connectivity index is 2.03. The van der Waals surface area contributed by atoms with Crippen LogP contribution >= 0.6 is 0 Å². The van der Waals surface area contributed by atoms with Crippen LogP contribution in [0.5, 0.6) is 5.75 Å². The molecule has 1 fully saturated rings. The van der Waals surface area contributed by atoms with Gasteiger partial charge < -0.3 is 10.1 Å². The van der Waals surface area contributed by atoms with Gasteiger partial charge in [0.05, 0.1) is 18.0 Å². The predicted octanol–water partition coefficient (Wildman–Crippen LogP) is 0.641. The Kier molecular flexibility index (Phi) is 4.29. The fourth-order valence-electron chi connectivity index (χ4n) is 1.66. The second kappa shape index (κ2) is 5.80. The van der Waals surface area contributed by atoms with Gasteiger partial charge in [0.2, 0.25) is 15.9 Å². The largest absolute Gasteiger partial charge is 0.497 e. The van der Waals surface area contributed by atoms with Crippen LogP contribution in [-0.4, -0.2) is 33.5 Å². The lowest BCUT2D eigenvalue weighted by molar-refractivity contribution is -0.122. The van der Waals surface area contributed by atoms with Crippen LogP contribution in [0.15, 0.2) is 29.2 Å². The first-order valence-electron chi connectivity index (χ1n) is 6.39. The summed E-state index contributed by atoms with van der Waals surface area (Å²) in [5.41, 5.74) is 0. The number of amides is 1. The number of nitrogens with one attached hydrogen (secondary N) is 2. The fraction of sp³-hybridized carbons (Fsp3) is 0.462. The summed E-state index contributed by atoms with van der Waals surface area (Å²) >= 11 is 0. The maximum Gasteiger partial charge on any atom is 0.241 e. The van der Waals surface area contributed by atoms with Crippen LogP contribution in [0.25, 0.3) is 0 Å². The molecular formula is C13H18N2O4S. The molecule has 1 atom stereocenters. The van der Waals surface area contributed by atoms with Crippen molar-refractivity contribution in [1.29, 1.82) is 0 Å². The van der Waals surface area contributed by atoms with Crippen LogP contribution in [0.4, 0.5) is 0 Å². The SMILES string of the molecule is COc1ccc(S(=O)(=O)NC(C)C(=O)NC2CC2)cc1. The van der Waals surface area contributed by atoms with Gasteiger partial charge in [-0.05, 0) is 44.0 Å². The quantitative estimate of drug-likeness (QED) is 0.807. The zero-order valence-electron chi connectivity index (χ0n) is 11.4. The normalized spacial score (nSPS) is 16.5. The van der Waals surface area contributed by atoms with Crippen molar-refractivity contribution in [2.75, 3.05) is 7.11 Å². The predicted molar refractivity (Wildman–Crippen MR) is 73.9 cm³/mol. The van der Waals surface area contributed by atoms with E-state index in [-0.39, 0.29) is 16.8 Å². The summed E-state index contributed by atoms with van der Waals surface area (Å²) in [4.78, 5) is 11.8. The Labute approximate surface area is 118 Å². The van der Waals surface area contributed by atoms with E-state index in [1.807, 2.05) is 0 Å². The van der Waals surface area contributed by atoms with Crippen molar-refractivity contribution >= 4 is 15.9 Å². The van der Waals surface area contributed by atoms with Crippen molar-refractivity contribution in [3.8, 4) is 5.75 Å². The maximum atomic E-state index is 12.1. The molecule has 1 aromatic carbocycles. The van der Waals surface area contributed by atoms with E-state index >= 15 is 0 Å². The van der Waals surface area contributed by atoms with Gasteiger partial charge in [0.15, 0.2) is 0 Å². The molecule has 1 unspecified atom stereocenters. The Morgan fingerprint density at radius 3 is 2.40 bits per heavy atom. The third kappa shape index (κ3) is 3.71. The minimum absolute atomic E-state index is 0.101. The number of benzene rings is 1. The van der Waals surface area contributed by atoms with Crippen LogP contribution in [-0.2, 0) is 14.8 Å². The van der Waals surface area contributed by atoms with Gasteiger partial charge in [-0.1, -0.05) is 0 Å². The van der Waals surface area contributed by atoms with Gasteiger partial charge in [-0.15, -0.1) is 0 Å². The highest BCUT2D eigenvalue weighted by Crippen LogP contribution is 2.19. The van der Waals surface area contributed by atoms with Gasteiger partial charge in [-0.25, -0.2) is 8.42 Å². The van der Waals surface area contributed by atoms with Crippen molar-refractivity contribution in [3.05, 3.63) is 24.3 Å². The monoisotopic (exact) mass is 298 g/mol. The zero-order valence-corrected chi connectivity index (χ0v) is 12.2. The summed E-state index contributed by atoms with van der Waals surface area (Å²) in [5, 5.41) is 2.76. The van der Waals surface area contributed by atoms with E-state index in [1.165, 1.54) is 26.2 Å². The maximum absolute atomic E-state index is 12.1. The lowest BCUT2D eigenvalue weighted by atomic mass is 10.3. The first kappa shape index (κ1) is 14.8. The molecule has 1 saturated carbocycles. The molecule has 1 amide bonds. The number of carbonyl (C=O) groups excluding carboxylic acids is 1. The fourth-order valence-corrected chi connectivity index (χ4v) is 2.87. The number of methoxy groups -OCH3 is 1. The van der Waals surface area contributed by atoms with Gasteiger partial charge in [0.1, 0.15) is 5.75 Å². The Morgan fingerprint density at radius 2 is 1.90 bits per heavy atom. The lowest BCUT2D eigenvalue weighted by Crippen LogP contribution is -2.45. The number of sulfonamides is 1. The Bertz CT molecular complexity index is 579. The second-order valence-electron chi connectivity index (χ2n) is 4.80. The molecule has 0 bridgehead atoms. The first-order chi connectivity index (χ1) is 9.42. The Morgan fingerprint density at radius 1 is 1.30 bits per heavy atom. The van der Waals surface area contributed by atoms with Gasteiger partial charge in [0.25, 0.3) is 0 Å². The third-order valence-electron chi connectivity index (χ3n) is 3.02. The Hall–Kier alpha value is -1.60. The minimum atomic E-state index is -3.71. The molecule has 1 aliphatic carbocycles. The standard InChI is InChI=1S/C13H18N2O4S/c1-9(13(16)14-10-3-4-10)15-20(17,18)12-7-5-11(19-2)6-8-12/h5-10,15H,3-4H2,1-2H3,(H,14,16). The average Bonchev–Trinajstić information content (AvgIpc) is 3.22. The molecular weight excluding hydrogens is 280 g/mol. The van der Waals surface area contributed by atoms with Crippen LogP contribution in [0, 0.1) is 0 Å². The molecule has 7 heteroatoms. The van der Waals surface area contributed by atoms with E-state index in [9.17, 15) is 13.2 Å². The average molecular weight is 298 g/mol. The van der Waals surface area contributed by atoms with E-state index in [2.05, 4.69) is 10.0 Å². The number of carbonyl (C=O) groups is 1. The van der Waals surface area contributed by atoms with Crippen molar-refractivity contribution in [1.82, 2.24) is 10.0 Å². The van der Waals surface area contributed by atoms with E-state index in [0.29, 0.717) is 5.75 Å². The molecule has 0 heterocycles.